The number of aliphatic hydroxyl groups excluding tert-OH is 1. The van der Waals surface area contributed by atoms with Crippen LogP contribution in [0.25, 0.3) is 0 Å². The molecule has 20 heavy (non-hydrogen) atoms. The fraction of sp³-hybridized carbons (Fsp3) is 0.571. The van der Waals surface area contributed by atoms with Gasteiger partial charge in [0.2, 0.25) is 0 Å². The Morgan fingerprint density at radius 2 is 2.15 bits per heavy atom. The Hall–Kier alpha value is -0.853. The number of hydrogen-bond donors (Lipinski definition) is 1. The van der Waals surface area contributed by atoms with Crippen LogP contribution in [0.15, 0.2) is 23.4 Å². The van der Waals surface area contributed by atoms with Crippen LogP contribution in [0.3, 0.4) is 0 Å². The maximum absolute atomic E-state index is 11.5. The van der Waals surface area contributed by atoms with Crippen LogP contribution in [-0.4, -0.2) is 36.5 Å². The second-order valence-corrected chi connectivity index (χ2v) is 12.5. The summed E-state index contributed by atoms with van der Waals surface area (Å²) in [7, 11) is -1.13. The Morgan fingerprint density at radius 1 is 1.40 bits per heavy atom. The lowest BCUT2D eigenvalue weighted by Crippen LogP contribution is -2.22. The molecule has 112 valence electrons. The van der Waals surface area contributed by atoms with Crippen molar-refractivity contribution in [2.45, 2.75) is 43.7 Å². The number of thioether (sulfide) groups is 1. The number of carbonyl (C=O) groups excluding carboxylic acids is 1. The van der Waals surface area contributed by atoms with E-state index in [2.05, 4.69) is 24.6 Å². The van der Waals surface area contributed by atoms with Crippen molar-refractivity contribution in [3.63, 3.8) is 0 Å². The van der Waals surface area contributed by atoms with E-state index in [1.54, 1.807) is 6.20 Å². The molecule has 0 fully saturated rings. The summed E-state index contributed by atoms with van der Waals surface area (Å²) < 4.78 is 5.22. The van der Waals surface area contributed by atoms with Crippen LogP contribution in [0.4, 0.5) is 0 Å². The van der Waals surface area contributed by atoms with Gasteiger partial charge in [0.15, 0.2) is 0 Å². The highest BCUT2D eigenvalue weighted by Crippen LogP contribution is 2.16. The molecule has 6 heteroatoms. The van der Waals surface area contributed by atoms with E-state index in [4.69, 9.17) is 9.84 Å². The normalized spacial score (nSPS) is 11.4. The highest BCUT2D eigenvalue weighted by Gasteiger charge is 2.13. The Kier molecular flexibility index (Phi) is 7.26. The minimum Gasteiger partial charge on any atom is -0.466 e. The van der Waals surface area contributed by atoms with Crippen molar-refractivity contribution >= 4 is 25.8 Å². The molecule has 0 amide bonds. The van der Waals surface area contributed by atoms with Gasteiger partial charge in [0, 0.05) is 20.0 Å². The summed E-state index contributed by atoms with van der Waals surface area (Å²) in [6.45, 7) is 7.33. The molecule has 1 rings (SSSR count). The zero-order valence-electron chi connectivity index (χ0n) is 12.4. The van der Waals surface area contributed by atoms with Crippen molar-refractivity contribution in [2.24, 2.45) is 0 Å². The van der Waals surface area contributed by atoms with Gasteiger partial charge >= 0.3 is 5.97 Å². The van der Waals surface area contributed by atoms with Gasteiger partial charge in [0.05, 0.1) is 24.7 Å². The quantitative estimate of drug-likeness (QED) is 0.454. The standard InChI is InChI=1S/C14H23NO3SSi/c1-20(2,3)9-7-18-14(17)6-8-19-13-5-4-12(11-16)10-15-13/h4-5,10,16H,6-9,11H2,1-3H3. The summed E-state index contributed by atoms with van der Waals surface area (Å²) >= 11 is 1.52. The molecule has 0 aliphatic rings. The van der Waals surface area contributed by atoms with Gasteiger partial charge in [0.25, 0.3) is 0 Å². The van der Waals surface area contributed by atoms with Crippen molar-refractivity contribution in [1.29, 1.82) is 0 Å². The average molecular weight is 313 g/mol. The molecule has 0 aliphatic carbocycles. The van der Waals surface area contributed by atoms with Gasteiger partial charge in [-0.05, 0) is 17.7 Å². The molecule has 0 aliphatic heterocycles. The zero-order chi connectivity index (χ0) is 15.0. The number of aliphatic hydroxyl groups is 1. The number of rotatable bonds is 8. The number of carbonyl (C=O) groups is 1. The third kappa shape index (κ3) is 7.67. The molecule has 1 heterocycles. The van der Waals surface area contributed by atoms with Gasteiger partial charge in [0.1, 0.15) is 0 Å². The molecule has 0 bridgehead atoms. The van der Waals surface area contributed by atoms with Crippen LogP contribution >= 0.6 is 11.8 Å². The molecule has 0 atom stereocenters. The minimum atomic E-state index is -1.13. The maximum Gasteiger partial charge on any atom is 0.306 e. The van der Waals surface area contributed by atoms with E-state index in [1.807, 2.05) is 12.1 Å². The summed E-state index contributed by atoms with van der Waals surface area (Å²) in [4.78, 5) is 15.7. The first-order chi connectivity index (χ1) is 9.40. The fourth-order valence-electron chi connectivity index (χ4n) is 1.37. The van der Waals surface area contributed by atoms with Crippen LogP contribution in [0, 0.1) is 0 Å². The lowest BCUT2D eigenvalue weighted by molar-refractivity contribution is -0.142. The predicted octanol–water partition coefficient (Wildman–Crippen LogP) is 2.94. The Bertz CT molecular complexity index is 417. The fourth-order valence-corrected chi connectivity index (χ4v) is 2.86. The summed E-state index contributed by atoms with van der Waals surface area (Å²) in [5.74, 6) is 0.528. The van der Waals surface area contributed by atoms with Crippen LogP contribution in [-0.2, 0) is 16.1 Å². The number of ether oxygens (including phenoxy) is 1. The van der Waals surface area contributed by atoms with E-state index in [9.17, 15) is 4.79 Å². The molecule has 1 aromatic heterocycles. The Balaban J connectivity index is 2.18. The molecule has 0 unspecified atom stereocenters. The van der Waals surface area contributed by atoms with E-state index in [0.717, 1.165) is 16.6 Å². The topological polar surface area (TPSA) is 59.4 Å². The SMILES string of the molecule is C[Si](C)(C)CCOC(=O)CCSc1ccc(CO)cn1. The summed E-state index contributed by atoms with van der Waals surface area (Å²) in [6, 6.07) is 4.70. The van der Waals surface area contributed by atoms with Crippen LogP contribution in [0.1, 0.15) is 12.0 Å². The number of hydrogen-bond acceptors (Lipinski definition) is 5. The molecule has 4 nitrogen and oxygen atoms in total. The van der Waals surface area contributed by atoms with E-state index in [0.29, 0.717) is 18.8 Å². The van der Waals surface area contributed by atoms with Gasteiger partial charge in [-0.1, -0.05) is 25.7 Å². The van der Waals surface area contributed by atoms with Crippen molar-refractivity contribution in [3.8, 4) is 0 Å². The summed E-state index contributed by atoms with van der Waals surface area (Å²) in [5, 5.41) is 9.77. The van der Waals surface area contributed by atoms with Crippen LogP contribution in [0.2, 0.25) is 25.7 Å². The first-order valence-corrected chi connectivity index (χ1v) is 11.4. The van der Waals surface area contributed by atoms with Gasteiger partial charge in [-0.3, -0.25) is 4.79 Å². The second kappa shape index (κ2) is 8.44. The van der Waals surface area contributed by atoms with E-state index < -0.39 is 8.07 Å². The van der Waals surface area contributed by atoms with Crippen LogP contribution in [0.5, 0.6) is 0 Å². The Labute approximate surface area is 126 Å². The zero-order valence-corrected chi connectivity index (χ0v) is 14.2. The summed E-state index contributed by atoms with van der Waals surface area (Å²) in [6.07, 6.45) is 2.05. The first kappa shape index (κ1) is 17.2. The maximum atomic E-state index is 11.5. The molecule has 0 aromatic carbocycles. The second-order valence-electron chi connectivity index (χ2n) is 5.79. The molecule has 0 radical (unpaired) electrons. The third-order valence-corrected chi connectivity index (χ3v) is 5.30. The third-order valence-electron chi connectivity index (χ3n) is 2.65. The van der Waals surface area contributed by atoms with Crippen molar-refractivity contribution in [1.82, 2.24) is 4.98 Å². The highest BCUT2D eigenvalue weighted by molar-refractivity contribution is 7.99. The average Bonchev–Trinajstić information content (AvgIpc) is 2.38. The number of esters is 1. The van der Waals surface area contributed by atoms with E-state index in [-0.39, 0.29) is 12.6 Å². The Morgan fingerprint density at radius 3 is 2.70 bits per heavy atom. The first-order valence-electron chi connectivity index (χ1n) is 6.75. The van der Waals surface area contributed by atoms with Gasteiger partial charge in [-0.25, -0.2) is 4.98 Å². The number of nitrogens with zero attached hydrogens (tertiary/aromatic N) is 1. The van der Waals surface area contributed by atoms with Gasteiger partial charge in [-0.15, -0.1) is 11.8 Å². The minimum absolute atomic E-state index is 0.00135. The van der Waals surface area contributed by atoms with Crippen molar-refractivity contribution < 1.29 is 14.6 Å². The largest absolute Gasteiger partial charge is 0.466 e. The monoisotopic (exact) mass is 313 g/mol. The molecule has 0 saturated heterocycles. The highest BCUT2D eigenvalue weighted by atomic mass is 32.2. The molecule has 1 N–H and O–H groups in total. The lowest BCUT2D eigenvalue weighted by Gasteiger charge is -2.15. The predicted molar refractivity (Wildman–Crippen MR) is 84.6 cm³/mol. The molecule has 0 saturated carbocycles. The van der Waals surface area contributed by atoms with Crippen molar-refractivity contribution in [2.75, 3.05) is 12.4 Å². The van der Waals surface area contributed by atoms with E-state index >= 15 is 0 Å². The molecular formula is C14H23NO3SSi. The number of pyridine rings is 1. The molecule has 0 spiro atoms. The number of aromatic nitrogens is 1. The van der Waals surface area contributed by atoms with Crippen molar-refractivity contribution in [3.05, 3.63) is 23.9 Å². The van der Waals surface area contributed by atoms with Crippen LogP contribution < -0.4 is 0 Å². The molecule has 1 aromatic rings. The lowest BCUT2D eigenvalue weighted by atomic mass is 10.3. The van der Waals surface area contributed by atoms with Gasteiger partial charge < -0.3 is 9.84 Å². The molecular weight excluding hydrogens is 290 g/mol. The van der Waals surface area contributed by atoms with E-state index in [1.165, 1.54) is 11.8 Å². The smallest absolute Gasteiger partial charge is 0.306 e. The summed E-state index contributed by atoms with van der Waals surface area (Å²) in [5.41, 5.74) is 0.792. The van der Waals surface area contributed by atoms with Gasteiger partial charge in [-0.2, -0.15) is 0 Å².